The lowest BCUT2D eigenvalue weighted by Gasteiger charge is -2.21. The Balaban J connectivity index is 1.94. The fourth-order valence-corrected chi connectivity index (χ4v) is 2.70. The van der Waals surface area contributed by atoms with Crippen molar-refractivity contribution in [2.24, 2.45) is 5.92 Å². The van der Waals surface area contributed by atoms with Gasteiger partial charge in [0, 0.05) is 5.75 Å². The molecule has 1 fully saturated rings. The number of nitrogens with one attached hydrogen (secondary N) is 1. The smallest absolute Gasteiger partial charge is 0.306 e. The third kappa shape index (κ3) is 4.86. The molecule has 82 valence electrons. The van der Waals surface area contributed by atoms with Gasteiger partial charge in [0.1, 0.15) is 0 Å². The second-order valence-corrected chi connectivity index (χ2v) is 4.74. The molecule has 0 aromatic carbocycles. The minimum Gasteiger partial charge on any atom is -0.469 e. The van der Waals surface area contributed by atoms with Gasteiger partial charge in [-0.1, -0.05) is 0 Å². The number of carbonyl (C=O) groups is 1. The van der Waals surface area contributed by atoms with Crippen LogP contribution in [0.2, 0.25) is 0 Å². The average molecular weight is 217 g/mol. The standard InChI is InChI=1S/C10H19NO2S/c1-13-10(12)4-7-14-8-9-2-5-11-6-3-9/h9,11H,2-8H2,1H3. The fraction of sp³-hybridized carbons (Fsp3) is 0.900. The van der Waals surface area contributed by atoms with Crippen molar-refractivity contribution in [3.8, 4) is 0 Å². The molecule has 14 heavy (non-hydrogen) atoms. The number of ether oxygens (including phenoxy) is 1. The van der Waals surface area contributed by atoms with Crippen LogP contribution in [-0.4, -0.2) is 37.7 Å². The Morgan fingerprint density at radius 3 is 2.86 bits per heavy atom. The maximum atomic E-state index is 10.8. The molecular formula is C10H19NO2S. The van der Waals surface area contributed by atoms with E-state index < -0.39 is 0 Å². The molecule has 0 amide bonds. The quantitative estimate of drug-likeness (QED) is 0.556. The van der Waals surface area contributed by atoms with E-state index in [0.717, 1.165) is 24.8 Å². The Hall–Kier alpha value is -0.220. The van der Waals surface area contributed by atoms with Gasteiger partial charge in [-0.25, -0.2) is 0 Å². The lowest BCUT2D eigenvalue weighted by molar-refractivity contribution is -0.140. The fourth-order valence-electron chi connectivity index (χ4n) is 1.56. The first-order valence-corrected chi connectivity index (χ1v) is 6.33. The van der Waals surface area contributed by atoms with E-state index in [1.165, 1.54) is 25.7 Å². The Labute approximate surface area is 90.0 Å². The number of methoxy groups -OCH3 is 1. The molecule has 0 radical (unpaired) electrons. The molecule has 1 saturated heterocycles. The maximum absolute atomic E-state index is 10.8. The summed E-state index contributed by atoms with van der Waals surface area (Å²) in [7, 11) is 1.44. The summed E-state index contributed by atoms with van der Waals surface area (Å²) in [5.41, 5.74) is 0. The third-order valence-electron chi connectivity index (χ3n) is 2.49. The van der Waals surface area contributed by atoms with Gasteiger partial charge >= 0.3 is 5.97 Å². The topological polar surface area (TPSA) is 38.3 Å². The van der Waals surface area contributed by atoms with Gasteiger partial charge in [0.15, 0.2) is 0 Å². The van der Waals surface area contributed by atoms with Crippen LogP contribution < -0.4 is 5.32 Å². The Bertz CT molecular complexity index is 170. The van der Waals surface area contributed by atoms with Gasteiger partial charge in [-0.05, 0) is 37.6 Å². The molecule has 1 heterocycles. The monoisotopic (exact) mass is 217 g/mol. The van der Waals surface area contributed by atoms with Crippen LogP contribution in [0.25, 0.3) is 0 Å². The van der Waals surface area contributed by atoms with E-state index in [9.17, 15) is 4.79 Å². The molecule has 0 saturated carbocycles. The summed E-state index contributed by atoms with van der Waals surface area (Å²) in [5.74, 6) is 2.84. The predicted molar refractivity (Wildman–Crippen MR) is 59.6 cm³/mol. The van der Waals surface area contributed by atoms with Crippen LogP contribution in [0, 0.1) is 5.92 Å². The first-order valence-electron chi connectivity index (χ1n) is 5.18. The van der Waals surface area contributed by atoms with Crippen molar-refractivity contribution >= 4 is 17.7 Å². The molecular weight excluding hydrogens is 198 g/mol. The lowest BCUT2D eigenvalue weighted by Crippen LogP contribution is -2.28. The number of esters is 1. The number of hydrogen-bond donors (Lipinski definition) is 1. The van der Waals surface area contributed by atoms with Crippen molar-refractivity contribution in [1.29, 1.82) is 0 Å². The second-order valence-electron chi connectivity index (χ2n) is 3.59. The molecule has 0 spiro atoms. The Kier molecular flexibility index (Phi) is 6.03. The van der Waals surface area contributed by atoms with E-state index in [1.807, 2.05) is 11.8 Å². The second kappa shape index (κ2) is 7.12. The minimum absolute atomic E-state index is 0.0946. The zero-order chi connectivity index (χ0) is 10.2. The van der Waals surface area contributed by atoms with Crippen molar-refractivity contribution in [3.05, 3.63) is 0 Å². The van der Waals surface area contributed by atoms with Crippen molar-refractivity contribution in [2.75, 3.05) is 31.7 Å². The first-order chi connectivity index (χ1) is 6.83. The first kappa shape index (κ1) is 11.9. The van der Waals surface area contributed by atoms with Crippen molar-refractivity contribution in [2.45, 2.75) is 19.3 Å². The predicted octanol–water partition coefficient (Wildman–Crippen LogP) is 1.28. The molecule has 1 N–H and O–H groups in total. The van der Waals surface area contributed by atoms with Gasteiger partial charge in [0.25, 0.3) is 0 Å². The Morgan fingerprint density at radius 2 is 2.21 bits per heavy atom. The van der Waals surface area contributed by atoms with Crippen LogP contribution in [-0.2, 0) is 9.53 Å². The molecule has 1 aliphatic heterocycles. The Morgan fingerprint density at radius 1 is 1.50 bits per heavy atom. The van der Waals surface area contributed by atoms with E-state index in [-0.39, 0.29) is 5.97 Å². The largest absolute Gasteiger partial charge is 0.469 e. The molecule has 0 atom stereocenters. The van der Waals surface area contributed by atoms with Crippen molar-refractivity contribution in [3.63, 3.8) is 0 Å². The van der Waals surface area contributed by atoms with Crippen LogP contribution in [0.4, 0.5) is 0 Å². The highest BCUT2D eigenvalue weighted by molar-refractivity contribution is 7.99. The van der Waals surface area contributed by atoms with Gasteiger partial charge in [-0.2, -0.15) is 11.8 Å². The molecule has 0 aromatic rings. The molecule has 3 nitrogen and oxygen atoms in total. The van der Waals surface area contributed by atoms with E-state index >= 15 is 0 Å². The molecule has 0 aliphatic carbocycles. The van der Waals surface area contributed by atoms with Crippen LogP contribution in [0.15, 0.2) is 0 Å². The van der Waals surface area contributed by atoms with Gasteiger partial charge in [-0.3, -0.25) is 4.79 Å². The lowest BCUT2D eigenvalue weighted by atomic mass is 10.0. The molecule has 1 rings (SSSR count). The molecule has 1 aliphatic rings. The highest BCUT2D eigenvalue weighted by Gasteiger charge is 2.12. The van der Waals surface area contributed by atoms with Crippen LogP contribution in [0.5, 0.6) is 0 Å². The number of thioether (sulfide) groups is 1. The summed E-state index contributed by atoms with van der Waals surface area (Å²) in [6.45, 7) is 2.31. The average Bonchev–Trinajstić information content (AvgIpc) is 2.25. The number of rotatable bonds is 5. The summed E-state index contributed by atoms with van der Waals surface area (Å²) in [6, 6.07) is 0. The van der Waals surface area contributed by atoms with Gasteiger partial charge in [0.05, 0.1) is 13.5 Å². The minimum atomic E-state index is -0.0946. The van der Waals surface area contributed by atoms with E-state index in [4.69, 9.17) is 0 Å². The van der Waals surface area contributed by atoms with Crippen LogP contribution in [0.1, 0.15) is 19.3 Å². The van der Waals surface area contributed by atoms with Crippen molar-refractivity contribution in [1.82, 2.24) is 5.32 Å². The normalized spacial score (nSPS) is 18.1. The number of carbonyl (C=O) groups excluding carboxylic acids is 1. The molecule has 0 unspecified atom stereocenters. The molecule has 0 bridgehead atoms. The maximum Gasteiger partial charge on any atom is 0.306 e. The van der Waals surface area contributed by atoms with Crippen molar-refractivity contribution < 1.29 is 9.53 Å². The summed E-state index contributed by atoms with van der Waals surface area (Å²) in [4.78, 5) is 10.8. The number of hydrogen-bond acceptors (Lipinski definition) is 4. The van der Waals surface area contributed by atoms with Gasteiger partial charge in [-0.15, -0.1) is 0 Å². The summed E-state index contributed by atoms with van der Waals surface area (Å²) < 4.78 is 4.58. The zero-order valence-corrected chi connectivity index (χ0v) is 9.57. The zero-order valence-electron chi connectivity index (χ0n) is 8.75. The SMILES string of the molecule is COC(=O)CCSCC1CCNCC1. The van der Waals surface area contributed by atoms with E-state index in [1.54, 1.807) is 0 Å². The highest BCUT2D eigenvalue weighted by Crippen LogP contribution is 2.18. The van der Waals surface area contributed by atoms with Gasteiger partial charge < -0.3 is 10.1 Å². The summed E-state index contributed by atoms with van der Waals surface area (Å²) in [5, 5.41) is 3.35. The number of piperidine rings is 1. The third-order valence-corrected chi connectivity index (χ3v) is 3.69. The highest BCUT2D eigenvalue weighted by atomic mass is 32.2. The summed E-state index contributed by atoms with van der Waals surface area (Å²) in [6.07, 6.45) is 3.11. The van der Waals surface area contributed by atoms with Crippen LogP contribution in [0.3, 0.4) is 0 Å². The summed E-state index contributed by atoms with van der Waals surface area (Å²) >= 11 is 1.87. The molecule has 4 heteroatoms. The van der Waals surface area contributed by atoms with Crippen LogP contribution >= 0.6 is 11.8 Å². The van der Waals surface area contributed by atoms with E-state index in [0.29, 0.717) is 6.42 Å². The van der Waals surface area contributed by atoms with Gasteiger partial charge in [0.2, 0.25) is 0 Å². The molecule has 0 aromatic heterocycles. The van der Waals surface area contributed by atoms with E-state index in [2.05, 4.69) is 10.1 Å².